The van der Waals surface area contributed by atoms with Crippen LogP contribution in [0.5, 0.6) is 0 Å². The van der Waals surface area contributed by atoms with Gasteiger partial charge in [0.25, 0.3) is 12.3 Å². The molecule has 5 aromatic rings. The number of halogens is 2. The molecule has 75 heavy (non-hydrogen) atoms. The number of alkyl halides is 2. The Morgan fingerprint density at radius 1 is 0.827 bits per heavy atom. The van der Waals surface area contributed by atoms with Crippen LogP contribution >= 0.6 is 0 Å². The second-order valence-electron chi connectivity index (χ2n) is 21.6. The van der Waals surface area contributed by atoms with Crippen molar-refractivity contribution in [3.63, 3.8) is 0 Å². The van der Waals surface area contributed by atoms with Crippen molar-refractivity contribution in [2.75, 3.05) is 62.7 Å². The summed E-state index contributed by atoms with van der Waals surface area (Å²) in [5.41, 5.74) is 7.54. The van der Waals surface area contributed by atoms with Gasteiger partial charge in [0.05, 0.1) is 24.5 Å². The predicted molar refractivity (Wildman–Crippen MR) is 282 cm³/mol. The Kier molecular flexibility index (Phi) is 14.5. The number of anilines is 3. The van der Waals surface area contributed by atoms with Gasteiger partial charge in [0.15, 0.2) is 5.82 Å². The van der Waals surface area contributed by atoms with E-state index < -0.39 is 18.4 Å². The Morgan fingerprint density at radius 3 is 2.36 bits per heavy atom. The lowest BCUT2D eigenvalue weighted by Crippen LogP contribution is -2.53. The van der Waals surface area contributed by atoms with Gasteiger partial charge >= 0.3 is 6.03 Å². The number of benzene rings is 3. The average molecular weight is 1030 g/mol. The van der Waals surface area contributed by atoms with Gasteiger partial charge in [-0.3, -0.25) is 38.8 Å². The van der Waals surface area contributed by atoms with Gasteiger partial charge in [-0.15, -0.1) is 0 Å². The molecule has 3 saturated heterocycles. The van der Waals surface area contributed by atoms with E-state index >= 15 is 0 Å². The first-order valence-corrected chi connectivity index (χ1v) is 27.5. The number of aryl methyl sites for hydroxylation is 2. The number of aromatic nitrogens is 4. The summed E-state index contributed by atoms with van der Waals surface area (Å²) in [6.07, 6.45) is 14.2. The molecule has 6 aliphatic rings. The van der Waals surface area contributed by atoms with Gasteiger partial charge in [-0.2, -0.15) is 10.2 Å². The molecule has 3 fully saturated rings. The number of amides is 6. The lowest BCUT2D eigenvalue weighted by Gasteiger charge is -2.34. The second-order valence-corrected chi connectivity index (χ2v) is 21.6. The smallest absolute Gasteiger partial charge is 0.317 e. The molecule has 2 aromatic heterocycles. The number of rotatable bonds is 15. The largest absolute Gasteiger partial charge is 0.343 e. The Labute approximate surface area is 436 Å². The van der Waals surface area contributed by atoms with Crippen LogP contribution in [-0.4, -0.2) is 123 Å². The first-order valence-electron chi connectivity index (χ1n) is 27.5. The van der Waals surface area contributed by atoms with Crippen LogP contribution < -0.4 is 20.4 Å². The van der Waals surface area contributed by atoms with Crippen LogP contribution in [0.15, 0.2) is 54.9 Å². The molecule has 396 valence electrons. The number of likely N-dealkylation sites (tertiary alicyclic amines) is 2. The van der Waals surface area contributed by atoms with Crippen LogP contribution in [0.25, 0.3) is 21.9 Å². The molecule has 0 radical (unpaired) electrons. The third-order valence-electron chi connectivity index (χ3n) is 17.0. The van der Waals surface area contributed by atoms with E-state index in [1.54, 1.807) is 47.0 Å². The van der Waals surface area contributed by atoms with Crippen molar-refractivity contribution in [3.05, 3.63) is 88.4 Å². The molecule has 1 atom stereocenters. The molecule has 11 rings (SSSR count). The molecule has 6 aliphatic heterocycles. The van der Waals surface area contributed by atoms with Gasteiger partial charge in [-0.25, -0.2) is 13.6 Å². The van der Waals surface area contributed by atoms with E-state index in [9.17, 15) is 32.8 Å². The van der Waals surface area contributed by atoms with E-state index in [0.717, 1.165) is 135 Å². The first kappa shape index (κ1) is 50.5. The van der Waals surface area contributed by atoms with Crippen LogP contribution in [0.3, 0.4) is 0 Å². The lowest BCUT2D eigenvalue weighted by molar-refractivity contribution is -0.134. The highest BCUT2D eigenvalue weighted by molar-refractivity contribution is 6.27. The third-order valence-corrected chi connectivity index (χ3v) is 17.0. The molecule has 6 amide bonds. The Balaban J connectivity index is 0.635. The van der Waals surface area contributed by atoms with Gasteiger partial charge < -0.3 is 24.9 Å². The number of piperidine rings is 3. The second kappa shape index (κ2) is 21.5. The molecule has 2 N–H and O–H groups in total. The number of carbonyl (C=O) groups is 5. The van der Waals surface area contributed by atoms with Crippen LogP contribution in [0.4, 0.5) is 30.8 Å². The van der Waals surface area contributed by atoms with Crippen LogP contribution in [0, 0.1) is 0 Å². The highest BCUT2D eigenvalue weighted by Crippen LogP contribution is 2.46. The molecule has 3 aromatic carbocycles. The predicted octanol–water partition coefficient (Wildman–Crippen LogP) is 8.70. The van der Waals surface area contributed by atoms with Gasteiger partial charge in [0.2, 0.25) is 17.7 Å². The molecule has 0 bridgehead atoms. The van der Waals surface area contributed by atoms with E-state index in [1.165, 1.54) is 12.0 Å². The molecule has 16 nitrogen and oxygen atoms in total. The molecule has 0 spiro atoms. The average Bonchev–Trinajstić information content (AvgIpc) is 4.13. The van der Waals surface area contributed by atoms with Crippen LogP contribution in [-0.2, 0) is 40.8 Å². The summed E-state index contributed by atoms with van der Waals surface area (Å²) in [5.74, 6) is 0.458. The Bertz CT molecular complexity index is 3010. The Hall–Kier alpha value is -6.69. The summed E-state index contributed by atoms with van der Waals surface area (Å²) in [6.45, 7) is 6.02. The summed E-state index contributed by atoms with van der Waals surface area (Å²) in [4.78, 5) is 74.8. The number of nitrogens with zero attached hydrogens (tertiary/aromatic N) is 9. The number of unbranched alkanes of at least 4 members (excludes halogenated alkanes) is 5. The topological polar surface area (TPSA) is 161 Å². The molecule has 8 heterocycles. The fourth-order valence-corrected chi connectivity index (χ4v) is 13.1. The monoisotopic (exact) mass is 1030 g/mol. The fraction of sp³-hybridized carbons (Fsp3) is 0.526. The lowest BCUT2D eigenvalue weighted by atomic mass is 9.85. The minimum atomic E-state index is -2.68. The summed E-state index contributed by atoms with van der Waals surface area (Å²) in [7, 11) is 3.41. The van der Waals surface area contributed by atoms with Crippen molar-refractivity contribution in [3.8, 4) is 11.1 Å². The summed E-state index contributed by atoms with van der Waals surface area (Å²) in [6, 6.07) is 12.8. The van der Waals surface area contributed by atoms with Crippen molar-refractivity contribution in [2.24, 2.45) is 7.05 Å². The number of hydrogen-bond donors (Lipinski definition) is 2. The van der Waals surface area contributed by atoms with Gasteiger partial charge in [-0.05, 0) is 130 Å². The number of urea groups is 1. The normalized spacial score (nSPS) is 19.6. The highest BCUT2D eigenvalue weighted by Gasteiger charge is 2.42. The number of fused-ring (bicyclic) bond motifs is 2. The summed E-state index contributed by atoms with van der Waals surface area (Å²) < 4.78 is 33.3. The maximum absolute atomic E-state index is 14.8. The van der Waals surface area contributed by atoms with Crippen LogP contribution in [0.2, 0.25) is 0 Å². The minimum Gasteiger partial charge on any atom is -0.343 e. The standard InChI is InChI=1S/C57H69F2N11O5/c1-60-57(75)67-30-23-46-45(35-67)54(68-25-10-11-37-31-43(38-33-61-64(2)34-38)44(53(58)59)32-49(37)68)63-70(46)39-21-28-66(29-22-39)51(72)14-7-5-3-4-6-8-24-65-26-19-36(20-27-65)40-15-16-47-52-41(40)12-9-13-42(52)56(74)69(47)48-17-18-50(71)62-55(48)73/h9,12-13,15-16,31-34,36,39,48,53H,3-8,10-11,14,17-30,35H2,1-2H3,(H,60,75)(H,62,71,73). The van der Waals surface area contributed by atoms with Gasteiger partial charge in [0.1, 0.15) is 6.04 Å². The Morgan fingerprint density at radius 2 is 1.61 bits per heavy atom. The number of nitrogens with one attached hydrogen (secondary N) is 2. The van der Waals surface area contributed by atoms with E-state index in [1.807, 2.05) is 29.2 Å². The molecular formula is C57H69F2N11O5. The summed E-state index contributed by atoms with van der Waals surface area (Å²) in [5, 5.41) is 16.7. The van der Waals surface area contributed by atoms with Gasteiger partial charge in [0, 0.05) is 105 Å². The zero-order valence-electron chi connectivity index (χ0n) is 43.3. The SMILES string of the molecule is CNC(=O)N1CCc2c(c(N3CCCc4cc(-c5cnn(C)c5)c(C(F)F)cc43)nn2C2CCN(C(=O)CCCCCCCCN3CCC(c4ccc5c6c(cccc46)C(=O)N5C4CCC(=O)NC4=O)CC3)CC2)C1. The van der Waals surface area contributed by atoms with Crippen molar-refractivity contribution in [1.29, 1.82) is 0 Å². The van der Waals surface area contributed by atoms with E-state index in [0.29, 0.717) is 74.6 Å². The number of imide groups is 1. The summed E-state index contributed by atoms with van der Waals surface area (Å²) >= 11 is 0. The fourth-order valence-electron chi connectivity index (χ4n) is 13.1. The minimum absolute atomic E-state index is 0.0374. The number of hydrogen-bond acceptors (Lipinski definition) is 9. The number of carbonyl (C=O) groups excluding carboxylic acids is 5. The maximum atomic E-state index is 14.8. The quantitative estimate of drug-likeness (QED) is 0.0773. The molecule has 18 heteroatoms. The molecule has 0 saturated carbocycles. The van der Waals surface area contributed by atoms with Crippen molar-refractivity contribution >= 4 is 57.6 Å². The zero-order valence-corrected chi connectivity index (χ0v) is 43.3. The molecule has 0 aliphatic carbocycles. The van der Waals surface area contributed by atoms with E-state index in [-0.39, 0.29) is 41.8 Å². The zero-order chi connectivity index (χ0) is 51.9. The van der Waals surface area contributed by atoms with Crippen LogP contribution in [0.1, 0.15) is 147 Å². The van der Waals surface area contributed by atoms with E-state index in [4.69, 9.17) is 5.10 Å². The van der Waals surface area contributed by atoms with Crippen molar-refractivity contribution in [2.45, 2.75) is 134 Å². The molecule has 1 unspecified atom stereocenters. The van der Waals surface area contributed by atoms with Crippen molar-refractivity contribution < 1.29 is 32.8 Å². The third kappa shape index (κ3) is 9.90. The molecular weight excluding hydrogens is 957 g/mol. The van der Waals surface area contributed by atoms with E-state index in [2.05, 4.69) is 42.3 Å². The first-order chi connectivity index (χ1) is 36.4. The highest BCUT2D eigenvalue weighted by atomic mass is 19.3. The van der Waals surface area contributed by atoms with Crippen molar-refractivity contribution in [1.82, 2.24) is 44.9 Å². The van der Waals surface area contributed by atoms with Gasteiger partial charge in [-0.1, -0.05) is 43.9 Å². The maximum Gasteiger partial charge on any atom is 0.317 e.